The second kappa shape index (κ2) is 17.3. The zero-order valence-electron chi connectivity index (χ0n) is 19.9. The van der Waals surface area contributed by atoms with Gasteiger partial charge in [0.1, 0.15) is 0 Å². The summed E-state index contributed by atoms with van der Waals surface area (Å²) in [6.07, 6.45) is 21.9. The summed E-state index contributed by atoms with van der Waals surface area (Å²) >= 11 is 2.16. The van der Waals surface area contributed by atoms with Gasteiger partial charge in [0.15, 0.2) is 0 Å². The maximum absolute atomic E-state index is 5.87. The number of hydrogen-bond donors (Lipinski definition) is 1. The molecule has 2 N–H and O–H groups in total. The number of aryl methyl sites for hydroxylation is 1. The molecule has 2 aromatic rings. The van der Waals surface area contributed by atoms with E-state index in [1.54, 1.807) is 0 Å². The highest BCUT2D eigenvalue weighted by atomic mass is 32.2. The molecule has 0 aliphatic carbocycles. The van der Waals surface area contributed by atoms with Crippen LogP contribution in [0.25, 0.3) is 10.9 Å². The van der Waals surface area contributed by atoms with Gasteiger partial charge in [-0.3, -0.25) is 0 Å². The highest BCUT2D eigenvalue weighted by Gasteiger charge is 2.05. The number of rotatable bonds is 19. The van der Waals surface area contributed by atoms with Crippen molar-refractivity contribution in [2.45, 2.75) is 110 Å². The van der Waals surface area contributed by atoms with Crippen LogP contribution in [-0.4, -0.2) is 21.5 Å². The second-order valence-corrected chi connectivity index (χ2v) is 10.1. The molecule has 3 nitrogen and oxygen atoms in total. The maximum Gasteiger partial charge on any atom is 0.220 e. The summed E-state index contributed by atoms with van der Waals surface area (Å²) in [5.74, 6) is 3.09. The van der Waals surface area contributed by atoms with Crippen molar-refractivity contribution in [3.8, 4) is 0 Å². The lowest BCUT2D eigenvalue weighted by atomic mass is 10.1. The van der Waals surface area contributed by atoms with Gasteiger partial charge in [-0.15, -0.1) is 0 Å². The van der Waals surface area contributed by atoms with E-state index < -0.39 is 0 Å². The van der Waals surface area contributed by atoms with Crippen LogP contribution in [0.1, 0.15) is 109 Å². The SMILES string of the molecule is CCCCCCCCCCCCSCCCCCCCc1nc(N)nc2ccccc12. The molecule has 0 spiro atoms. The fourth-order valence-electron chi connectivity index (χ4n) is 4.17. The van der Waals surface area contributed by atoms with Gasteiger partial charge < -0.3 is 5.73 Å². The predicted molar refractivity (Wildman–Crippen MR) is 140 cm³/mol. The molecule has 0 bridgehead atoms. The second-order valence-electron chi connectivity index (χ2n) is 8.86. The van der Waals surface area contributed by atoms with Gasteiger partial charge in [-0.25, -0.2) is 9.97 Å². The molecule has 0 aliphatic heterocycles. The van der Waals surface area contributed by atoms with Gasteiger partial charge in [0.2, 0.25) is 5.95 Å². The third-order valence-corrected chi connectivity index (χ3v) is 7.20. The van der Waals surface area contributed by atoms with Crippen LogP contribution >= 0.6 is 11.8 Å². The first-order valence-electron chi connectivity index (χ1n) is 12.9. The first-order chi connectivity index (χ1) is 15.3. The molecule has 1 heterocycles. The number of anilines is 1. The molecule has 2 rings (SSSR count). The Labute approximate surface area is 195 Å². The van der Waals surface area contributed by atoms with Crippen LogP contribution in [0.2, 0.25) is 0 Å². The number of hydrogen-bond acceptors (Lipinski definition) is 4. The molecule has 4 heteroatoms. The van der Waals surface area contributed by atoms with Crippen molar-refractivity contribution in [3.05, 3.63) is 30.0 Å². The van der Waals surface area contributed by atoms with E-state index in [2.05, 4.69) is 40.8 Å². The Morgan fingerprint density at radius 1 is 0.677 bits per heavy atom. The average molecular weight is 444 g/mol. The number of nitrogens with two attached hydrogens (primary N) is 1. The quantitative estimate of drug-likeness (QED) is 0.222. The Morgan fingerprint density at radius 2 is 1.23 bits per heavy atom. The largest absolute Gasteiger partial charge is 0.368 e. The normalized spacial score (nSPS) is 11.4. The van der Waals surface area contributed by atoms with Gasteiger partial charge in [-0.1, -0.05) is 102 Å². The van der Waals surface area contributed by atoms with E-state index in [1.165, 1.54) is 108 Å². The van der Waals surface area contributed by atoms with E-state index >= 15 is 0 Å². The number of aromatic nitrogens is 2. The van der Waals surface area contributed by atoms with Crippen LogP contribution in [0, 0.1) is 0 Å². The van der Waals surface area contributed by atoms with Crippen molar-refractivity contribution in [2.75, 3.05) is 17.2 Å². The fraction of sp³-hybridized carbons (Fsp3) is 0.704. The van der Waals surface area contributed by atoms with Crippen molar-refractivity contribution in [3.63, 3.8) is 0 Å². The molecule has 0 aliphatic rings. The number of nitrogens with zero attached hydrogens (tertiary/aromatic N) is 2. The molecule has 0 fully saturated rings. The minimum atomic E-state index is 0.396. The third-order valence-electron chi connectivity index (χ3n) is 6.04. The maximum atomic E-state index is 5.87. The summed E-state index contributed by atoms with van der Waals surface area (Å²) < 4.78 is 0. The minimum Gasteiger partial charge on any atom is -0.368 e. The molecule has 31 heavy (non-hydrogen) atoms. The summed E-state index contributed by atoms with van der Waals surface area (Å²) in [6, 6.07) is 8.19. The van der Waals surface area contributed by atoms with Gasteiger partial charge in [-0.2, -0.15) is 11.8 Å². The van der Waals surface area contributed by atoms with Crippen molar-refractivity contribution < 1.29 is 0 Å². The van der Waals surface area contributed by atoms with E-state index in [1.807, 2.05) is 12.1 Å². The Kier molecular flexibility index (Phi) is 14.5. The first-order valence-corrected chi connectivity index (χ1v) is 14.1. The molecule has 174 valence electrons. The van der Waals surface area contributed by atoms with E-state index in [0.717, 1.165) is 23.0 Å². The monoisotopic (exact) mass is 443 g/mol. The molecule has 0 radical (unpaired) electrons. The van der Waals surface area contributed by atoms with E-state index in [4.69, 9.17) is 5.73 Å². The molecular formula is C27H45N3S. The zero-order valence-corrected chi connectivity index (χ0v) is 20.7. The lowest BCUT2D eigenvalue weighted by Crippen LogP contribution is -2.01. The van der Waals surface area contributed by atoms with E-state index in [-0.39, 0.29) is 0 Å². The van der Waals surface area contributed by atoms with Gasteiger partial charge in [0.25, 0.3) is 0 Å². The fourth-order valence-corrected chi connectivity index (χ4v) is 5.19. The Hall–Kier alpha value is -1.29. The highest BCUT2D eigenvalue weighted by Crippen LogP contribution is 2.19. The lowest BCUT2D eigenvalue weighted by Gasteiger charge is -2.07. The minimum absolute atomic E-state index is 0.396. The average Bonchev–Trinajstić information content (AvgIpc) is 2.78. The standard InChI is InChI=1S/C27H45N3S/c1-2-3-4-5-6-7-8-9-12-17-22-31-23-18-13-10-11-14-20-25-24-19-15-16-21-26(24)30-27(28)29-25/h15-16,19,21H,2-14,17-18,20,22-23H2,1H3,(H2,28,29,30). The lowest BCUT2D eigenvalue weighted by molar-refractivity contribution is 0.563. The number of thioether (sulfide) groups is 1. The molecule has 0 saturated carbocycles. The van der Waals surface area contributed by atoms with E-state index in [9.17, 15) is 0 Å². The van der Waals surface area contributed by atoms with Gasteiger partial charge in [0, 0.05) is 5.39 Å². The predicted octanol–water partition coefficient (Wildman–Crippen LogP) is 8.36. The molecule has 0 unspecified atom stereocenters. The molecule has 0 amide bonds. The molecule has 0 saturated heterocycles. The molecule has 0 atom stereocenters. The van der Waals surface area contributed by atoms with Crippen LogP contribution in [-0.2, 0) is 6.42 Å². The van der Waals surface area contributed by atoms with Crippen LogP contribution in [0.4, 0.5) is 5.95 Å². The highest BCUT2D eigenvalue weighted by molar-refractivity contribution is 7.99. The number of benzene rings is 1. The topological polar surface area (TPSA) is 51.8 Å². The first kappa shape index (κ1) is 26.0. The van der Waals surface area contributed by atoms with Crippen molar-refractivity contribution in [2.24, 2.45) is 0 Å². The Bertz CT molecular complexity index is 704. The summed E-state index contributed by atoms with van der Waals surface area (Å²) in [5, 5.41) is 1.15. The van der Waals surface area contributed by atoms with Gasteiger partial charge >= 0.3 is 0 Å². The molecule has 1 aromatic heterocycles. The number of nitrogen functional groups attached to an aromatic ring is 1. The zero-order chi connectivity index (χ0) is 22.0. The van der Waals surface area contributed by atoms with Crippen LogP contribution in [0.15, 0.2) is 24.3 Å². The Balaban J connectivity index is 1.37. The Morgan fingerprint density at radius 3 is 1.87 bits per heavy atom. The number of fused-ring (bicyclic) bond motifs is 1. The van der Waals surface area contributed by atoms with Crippen molar-refractivity contribution in [1.29, 1.82) is 0 Å². The van der Waals surface area contributed by atoms with Crippen LogP contribution < -0.4 is 5.73 Å². The molecular weight excluding hydrogens is 398 g/mol. The summed E-state index contributed by atoms with van der Waals surface area (Å²) in [7, 11) is 0. The summed E-state index contributed by atoms with van der Waals surface area (Å²) in [4.78, 5) is 8.81. The summed E-state index contributed by atoms with van der Waals surface area (Å²) in [5.41, 5.74) is 7.94. The third kappa shape index (κ3) is 11.8. The van der Waals surface area contributed by atoms with Gasteiger partial charge in [-0.05, 0) is 43.3 Å². The summed E-state index contributed by atoms with van der Waals surface area (Å²) in [6.45, 7) is 2.29. The van der Waals surface area contributed by atoms with Crippen molar-refractivity contribution in [1.82, 2.24) is 9.97 Å². The smallest absolute Gasteiger partial charge is 0.220 e. The molecule has 1 aromatic carbocycles. The van der Waals surface area contributed by atoms with Crippen molar-refractivity contribution >= 4 is 28.6 Å². The van der Waals surface area contributed by atoms with Gasteiger partial charge in [0.05, 0.1) is 11.2 Å². The van der Waals surface area contributed by atoms with Crippen LogP contribution in [0.3, 0.4) is 0 Å². The van der Waals surface area contributed by atoms with E-state index in [0.29, 0.717) is 5.95 Å². The number of unbranched alkanes of at least 4 members (excludes halogenated alkanes) is 13. The number of para-hydroxylation sites is 1. The van der Waals surface area contributed by atoms with Crippen LogP contribution in [0.5, 0.6) is 0 Å².